The van der Waals surface area contributed by atoms with Gasteiger partial charge in [-0.05, 0) is 19.1 Å². The number of ether oxygens (including phenoxy) is 1. The Kier molecular flexibility index (Phi) is 3.92. The minimum absolute atomic E-state index is 0.0355. The maximum Gasteiger partial charge on any atom is 0.242 e. The molecule has 0 aliphatic carbocycles. The summed E-state index contributed by atoms with van der Waals surface area (Å²) in [6.07, 6.45) is 1.15. The highest BCUT2D eigenvalue weighted by molar-refractivity contribution is 5.72. The molecule has 0 unspecified atom stereocenters. The number of nitrogen functional groups attached to an aromatic ring is 1. The summed E-state index contributed by atoms with van der Waals surface area (Å²) in [5.74, 6) is -4.06. The van der Waals surface area contributed by atoms with Crippen molar-refractivity contribution in [3.05, 3.63) is 35.9 Å². The minimum atomic E-state index is -1.58. The van der Waals surface area contributed by atoms with E-state index in [-0.39, 0.29) is 23.1 Å². The molecule has 20 heavy (non-hydrogen) atoms. The summed E-state index contributed by atoms with van der Waals surface area (Å²) < 4.78 is 44.6. The Hall–Kier alpha value is -2.51. The lowest BCUT2D eigenvalue weighted by molar-refractivity contribution is 0.328. The van der Waals surface area contributed by atoms with Crippen LogP contribution in [0.3, 0.4) is 0 Å². The van der Waals surface area contributed by atoms with Gasteiger partial charge in [0.25, 0.3) is 0 Å². The third-order valence-electron chi connectivity index (χ3n) is 2.42. The van der Waals surface area contributed by atoms with Gasteiger partial charge < -0.3 is 15.8 Å². The fraction of sp³-hybridized carbons (Fsp3) is 0.167. The van der Waals surface area contributed by atoms with Crippen LogP contribution in [-0.2, 0) is 0 Å². The average molecular weight is 284 g/mol. The molecule has 106 valence electrons. The van der Waals surface area contributed by atoms with E-state index >= 15 is 0 Å². The molecule has 0 saturated carbocycles. The topological polar surface area (TPSA) is 73.1 Å². The van der Waals surface area contributed by atoms with Crippen LogP contribution in [0.15, 0.2) is 18.5 Å². The van der Waals surface area contributed by atoms with Gasteiger partial charge >= 0.3 is 0 Å². The predicted molar refractivity (Wildman–Crippen MR) is 67.2 cm³/mol. The maximum absolute atomic E-state index is 13.5. The third-order valence-corrected chi connectivity index (χ3v) is 2.42. The second-order valence-corrected chi connectivity index (χ2v) is 3.72. The molecule has 0 amide bonds. The number of aromatic nitrogens is 2. The zero-order chi connectivity index (χ0) is 14.7. The lowest BCUT2D eigenvalue weighted by atomic mass is 10.2. The third kappa shape index (κ3) is 2.58. The number of halogens is 3. The van der Waals surface area contributed by atoms with Crippen LogP contribution in [0.4, 0.5) is 30.4 Å². The van der Waals surface area contributed by atoms with Crippen LogP contribution in [0.2, 0.25) is 0 Å². The Morgan fingerprint density at radius 2 is 1.95 bits per heavy atom. The van der Waals surface area contributed by atoms with Gasteiger partial charge in [-0.15, -0.1) is 0 Å². The molecule has 5 nitrogen and oxygen atoms in total. The maximum atomic E-state index is 13.5. The van der Waals surface area contributed by atoms with Crippen molar-refractivity contribution in [2.75, 3.05) is 17.7 Å². The van der Waals surface area contributed by atoms with Crippen molar-refractivity contribution in [3.8, 4) is 5.88 Å². The van der Waals surface area contributed by atoms with E-state index in [1.807, 2.05) is 0 Å². The summed E-state index contributed by atoms with van der Waals surface area (Å²) >= 11 is 0. The monoisotopic (exact) mass is 284 g/mol. The Morgan fingerprint density at radius 1 is 1.20 bits per heavy atom. The van der Waals surface area contributed by atoms with E-state index in [4.69, 9.17) is 10.5 Å². The van der Waals surface area contributed by atoms with Crippen LogP contribution in [0, 0.1) is 17.5 Å². The molecule has 0 saturated heterocycles. The van der Waals surface area contributed by atoms with Gasteiger partial charge in [-0.3, -0.25) is 0 Å². The lowest BCUT2D eigenvalue weighted by Gasteiger charge is -2.11. The highest BCUT2D eigenvalue weighted by atomic mass is 19.2. The highest BCUT2D eigenvalue weighted by Gasteiger charge is 2.16. The molecule has 0 fully saturated rings. The van der Waals surface area contributed by atoms with Gasteiger partial charge in [0.1, 0.15) is 12.0 Å². The lowest BCUT2D eigenvalue weighted by Crippen LogP contribution is -2.06. The van der Waals surface area contributed by atoms with Crippen molar-refractivity contribution in [2.45, 2.75) is 6.92 Å². The first-order chi connectivity index (χ1) is 9.54. The number of rotatable bonds is 4. The van der Waals surface area contributed by atoms with Gasteiger partial charge in [0.2, 0.25) is 5.88 Å². The van der Waals surface area contributed by atoms with Crippen LogP contribution in [-0.4, -0.2) is 16.6 Å². The smallest absolute Gasteiger partial charge is 0.242 e. The predicted octanol–water partition coefficient (Wildman–Crippen LogP) is 2.62. The first-order valence-electron chi connectivity index (χ1n) is 5.68. The average Bonchev–Trinajstić information content (AvgIpc) is 2.44. The summed E-state index contributed by atoms with van der Waals surface area (Å²) in [6.45, 7) is 2.07. The van der Waals surface area contributed by atoms with Crippen molar-refractivity contribution in [1.29, 1.82) is 0 Å². The Morgan fingerprint density at radius 3 is 2.65 bits per heavy atom. The molecular formula is C12H11F3N4O. The van der Waals surface area contributed by atoms with Crippen molar-refractivity contribution < 1.29 is 17.9 Å². The molecule has 2 aromatic rings. The van der Waals surface area contributed by atoms with Gasteiger partial charge in [0.15, 0.2) is 23.3 Å². The summed E-state index contributed by atoms with van der Waals surface area (Å²) in [5.41, 5.74) is 5.48. The number of hydrogen-bond donors (Lipinski definition) is 2. The van der Waals surface area contributed by atoms with E-state index in [2.05, 4.69) is 15.3 Å². The van der Waals surface area contributed by atoms with Gasteiger partial charge in [-0.2, -0.15) is 4.98 Å². The number of nitrogens with zero attached hydrogens (tertiary/aromatic N) is 2. The highest BCUT2D eigenvalue weighted by Crippen LogP contribution is 2.29. The number of benzene rings is 1. The Balaban J connectivity index is 2.36. The van der Waals surface area contributed by atoms with Crippen molar-refractivity contribution in [3.63, 3.8) is 0 Å². The largest absolute Gasteiger partial charge is 0.476 e. The summed E-state index contributed by atoms with van der Waals surface area (Å²) in [7, 11) is 0. The summed E-state index contributed by atoms with van der Waals surface area (Å²) in [4.78, 5) is 7.60. The first kappa shape index (κ1) is 13.9. The van der Waals surface area contributed by atoms with Gasteiger partial charge in [-0.25, -0.2) is 18.2 Å². The number of hydrogen-bond acceptors (Lipinski definition) is 5. The molecular weight excluding hydrogens is 273 g/mol. The van der Waals surface area contributed by atoms with Crippen molar-refractivity contribution in [1.82, 2.24) is 9.97 Å². The van der Waals surface area contributed by atoms with Crippen LogP contribution in [0.5, 0.6) is 5.88 Å². The normalized spacial score (nSPS) is 10.4. The number of anilines is 3. The molecule has 0 aliphatic rings. The Labute approximate surface area is 112 Å². The standard InChI is InChI=1S/C12H11F3N4O/c1-2-20-12-10(16)11(17-5-18-12)19-7-4-3-6(13)8(14)9(7)15/h3-5H,2,16H2,1H3,(H,17,18,19). The van der Waals surface area contributed by atoms with Gasteiger partial charge in [0, 0.05) is 0 Å². The van der Waals surface area contributed by atoms with Crippen LogP contribution < -0.4 is 15.8 Å². The zero-order valence-electron chi connectivity index (χ0n) is 10.5. The van der Waals surface area contributed by atoms with E-state index < -0.39 is 17.5 Å². The van der Waals surface area contributed by atoms with Gasteiger partial charge in [0.05, 0.1) is 12.3 Å². The molecule has 0 aliphatic heterocycles. The molecule has 8 heteroatoms. The molecule has 0 bridgehead atoms. The van der Waals surface area contributed by atoms with E-state index in [9.17, 15) is 13.2 Å². The van der Waals surface area contributed by atoms with Crippen molar-refractivity contribution in [2.24, 2.45) is 0 Å². The molecule has 0 radical (unpaired) electrons. The SMILES string of the molecule is CCOc1ncnc(Nc2ccc(F)c(F)c2F)c1N. The molecule has 1 aromatic carbocycles. The number of nitrogens with two attached hydrogens (primary N) is 1. The second kappa shape index (κ2) is 5.64. The minimum Gasteiger partial charge on any atom is -0.476 e. The molecule has 3 N–H and O–H groups in total. The zero-order valence-corrected chi connectivity index (χ0v) is 10.5. The van der Waals surface area contributed by atoms with Crippen LogP contribution in [0.1, 0.15) is 6.92 Å². The van der Waals surface area contributed by atoms with Gasteiger partial charge in [-0.1, -0.05) is 0 Å². The van der Waals surface area contributed by atoms with E-state index in [1.165, 1.54) is 0 Å². The van der Waals surface area contributed by atoms with E-state index in [1.54, 1.807) is 6.92 Å². The Bertz CT molecular complexity index is 636. The molecule has 1 aromatic heterocycles. The fourth-order valence-electron chi connectivity index (χ4n) is 1.48. The molecule has 1 heterocycles. The molecule has 0 atom stereocenters. The number of nitrogens with one attached hydrogen (secondary N) is 1. The first-order valence-corrected chi connectivity index (χ1v) is 5.68. The second-order valence-electron chi connectivity index (χ2n) is 3.72. The fourth-order valence-corrected chi connectivity index (χ4v) is 1.48. The molecule has 0 spiro atoms. The molecule has 2 rings (SSSR count). The summed E-state index contributed by atoms with van der Waals surface area (Å²) in [6, 6.07) is 1.83. The van der Waals surface area contributed by atoms with Crippen LogP contribution in [0.25, 0.3) is 0 Å². The van der Waals surface area contributed by atoms with Crippen LogP contribution >= 0.6 is 0 Å². The quantitative estimate of drug-likeness (QED) is 0.844. The summed E-state index contributed by atoms with van der Waals surface area (Å²) in [5, 5.41) is 2.47. The van der Waals surface area contributed by atoms with E-state index in [0.29, 0.717) is 6.61 Å². The van der Waals surface area contributed by atoms with Crippen molar-refractivity contribution >= 4 is 17.2 Å². The van der Waals surface area contributed by atoms with E-state index in [0.717, 1.165) is 18.5 Å².